The van der Waals surface area contributed by atoms with Crippen LogP contribution in [0.5, 0.6) is 0 Å². The minimum atomic E-state index is -0.135. The zero-order valence-corrected chi connectivity index (χ0v) is 19.5. The number of carbonyl (C=O) groups excluding carboxylic acids is 1. The lowest BCUT2D eigenvalue weighted by atomic mass is 10.0. The van der Waals surface area contributed by atoms with Gasteiger partial charge in [-0.2, -0.15) is 0 Å². The highest BCUT2D eigenvalue weighted by Gasteiger charge is 2.16. The number of amides is 1. The van der Waals surface area contributed by atoms with Crippen LogP contribution < -0.4 is 5.32 Å². The van der Waals surface area contributed by atoms with Crippen LogP contribution in [0.2, 0.25) is 5.02 Å². The summed E-state index contributed by atoms with van der Waals surface area (Å²) >= 11 is 6.67. The van der Waals surface area contributed by atoms with Crippen LogP contribution in [0.1, 0.15) is 10.4 Å². The predicted molar refractivity (Wildman–Crippen MR) is 146 cm³/mol. The first-order valence-electron chi connectivity index (χ1n) is 11.4. The van der Waals surface area contributed by atoms with Crippen LogP contribution in [0.25, 0.3) is 38.6 Å². The Bertz CT molecular complexity index is 1690. The number of benzene rings is 5. The summed E-state index contributed by atoms with van der Waals surface area (Å²) in [5.41, 5.74) is 6.53. The smallest absolute Gasteiger partial charge is 0.255 e. The van der Waals surface area contributed by atoms with Gasteiger partial charge in [-0.05, 0) is 54.1 Å². The summed E-state index contributed by atoms with van der Waals surface area (Å²) < 4.78 is 2.24. The second-order valence-corrected chi connectivity index (χ2v) is 8.81. The Labute approximate surface area is 208 Å². The Morgan fingerprint density at radius 2 is 1.40 bits per heavy atom. The van der Waals surface area contributed by atoms with Gasteiger partial charge in [0.1, 0.15) is 0 Å². The quantitative estimate of drug-likeness (QED) is 0.275. The molecule has 0 bridgehead atoms. The van der Waals surface area contributed by atoms with Crippen LogP contribution in [0, 0.1) is 0 Å². The van der Waals surface area contributed by atoms with Crippen molar-refractivity contribution >= 4 is 45.0 Å². The lowest BCUT2D eigenvalue weighted by Gasteiger charge is -2.13. The number of rotatable bonds is 4. The molecule has 3 nitrogen and oxygen atoms in total. The molecule has 0 atom stereocenters. The molecule has 1 aromatic heterocycles. The molecular weight excluding hydrogens is 452 g/mol. The van der Waals surface area contributed by atoms with E-state index in [2.05, 4.69) is 46.3 Å². The van der Waals surface area contributed by atoms with Crippen molar-refractivity contribution in [3.63, 3.8) is 0 Å². The molecule has 6 rings (SSSR count). The van der Waals surface area contributed by atoms with E-state index in [-0.39, 0.29) is 5.91 Å². The van der Waals surface area contributed by atoms with Crippen molar-refractivity contribution in [1.29, 1.82) is 0 Å². The van der Waals surface area contributed by atoms with E-state index in [0.29, 0.717) is 5.56 Å². The maximum Gasteiger partial charge on any atom is 0.255 e. The fourth-order valence-electron chi connectivity index (χ4n) is 4.67. The number of hydrogen-bond acceptors (Lipinski definition) is 1. The van der Waals surface area contributed by atoms with Crippen LogP contribution >= 0.6 is 11.6 Å². The van der Waals surface area contributed by atoms with Crippen molar-refractivity contribution < 1.29 is 4.79 Å². The van der Waals surface area contributed by atoms with E-state index in [1.165, 1.54) is 0 Å². The molecule has 5 aromatic carbocycles. The fourth-order valence-corrected chi connectivity index (χ4v) is 4.95. The van der Waals surface area contributed by atoms with Crippen molar-refractivity contribution in [2.45, 2.75) is 0 Å². The number of aromatic nitrogens is 1. The number of fused-ring (bicyclic) bond motifs is 3. The number of nitrogens with zero attached hydrogens (tertiary/aromatic N) is 1. The van der Waals surface area contributed by atoms with Crippen molar-refractivity contribution in [3.8, 4) is 16.8 Å². The molecular formula is C31H21ClN2O. The Morgan fingerprint density at radius 3 is 2.20 bits per heavy atom. The lowest BCUT2D eigenvalue weighted by molar-refractivity contribution is 0.102. The van der Waals surface area contributed by atoms with Crippen molar-refractivity contribution in [2.24, 2.45) is 0 Å². The highest BCUT2D eigenvalue weighted by atomic mass is 35.5. The molecule has 35 heavy (non-hydrogen) atoms. The molecule has 1 N–H and O–H groups in total. The molecule has 0 aliphatic carbocycles. The normalized spacial score (nSPS) is 11.1. The number of anilines is 1. The van der Waals surface area contributed by atoms with Gasteiger partial charge in [0, 0.05) is 33.3 Å². The van der Waals surface area contributed by atoms with Gasteiger partial charge in [-0.15, -0.1) is 0 Å². The molecule has 0 saturated carbocycles. The van der Waals surface area contributed by atoms with E-state index in [9.17, 15) is 4.79 Å². The molecule has 6 aromatic rings. The average Bonchev–Trinajstić information content (AvgIpc) is 3.24. The standard InChI is InChI=1S/C31H21ClN2O/c32-26-15-9-17-28-30(26)25-19-18-22(20-29(25)34(28)23-12-5-2-6-13-23)24-14-7-8-16-27(24)33-31(35)21-10-3-1-4-11-21/h1-20H,(H,33,35). The summed E-state index contributed by atoms with van der Waals surface area (Å²) in [6, 6.07) is 39.8. The largest absolute Gasteiger partial charge is 0.321 e. The predicted octanol–water partition coefficient (Wildman–Crippen LogP) is 8.36. The number of para-hydroxylation sites is 2. The van der Waals surface area contributed by atoms with Gasteiger partial charge in [0.25, 0.3) is 5.91 Å². The first-order chi connectivity index (χ1) is 17.2. The molecule has 4 heteroatoms. The molecule has 1 amide bonds. The Balaban J connectivity index is 1.53. The van der Waals surface area contributed by atoms with Crippen molar-refractivity contribution in [2.75, 3.05) is 5.32 Å². The molecule has 0 aliphatic heterocycles. The average molecular weight is 473 g/mol. The van der Waals surface area contributed by atoms with Crippen LogP contribution in [0.15, 0.2) is 121 Å². The Hall–Kier alpha value is -4.34. The molecule has 0 spiro atoms. The Morgan fingerprint density at radius 1 is 0.686 bits per heavy atom. The molecule has 0 aliphatic rings. The molecule has 1 heterocycles. The minimum Gasteiger partial charge on any atom is -0.321 e. The summed E-state index contributed by atoms with van der Waals surface area (Å²) in [6.45, 7) is 0. The van der Waals surface area contributed by atoms with Gasteiger partial charge in [-0.25, -0.2) is 0 Å². The van der Waals surface area contributed by atoms with Gasteiger partial charge in [0.2, 0.25) is 0 Å². The lowest BCUT2D eigenvalue weighted by Crippen LogP contribution is -2.12. The topological polar surface area (TPSA) is 34.0 Å². The van der Waals surface area contributed by atoms with E-state index < -0.39 is 0 Å². The monoisotopic (exact) mass is 472 g/mol. The number of halogens is 1. The van der Waals surface area contributed by atoms with Gasteiger partial charge in [-0.3, -0.25) is 4.79 Å². The van der Waals surface area contributed by atoms with Gasteiger partial charge in [0.15, 0.2) is 0 Å². The van der Waals surface area contributed by atoms with E-state index in [4.69, 9.17) is 11.6 Å². The number of carbonyl (C=O) groups is 1. The zero-order chi connectivity index (χ0) is 23.8. The maximum absolute atomic E-state index is 12.9. The van der Waals surface area contributed by atoms with Crippen LogP contribution in [-0.4, -0.2) is 10.5 Å². The van der Waals surface area contributed by atoms with Gasteiger partial charge < -0.3 is 9.88 Å². The molecule has 168 valence electrons. The van der Waals surface area contributed by atoms with E-state index in [1.807, 2.05) is 84.9 Å². The van der Waals surface area contributed by atoms with E-state index in [1.54, 1.807) is 0 Å². The number of nitrogens with one attached hydrogen (secondary N) is 1. The summed E-state index contributed by atoms with van der Waals surface area (Å²) in [5.74, 6) is -0.135. The Kier molecular flexibility index (Phi) is 5.32. The third-order valence-electron chi connectivity index (χ3n) is 6.28. The zero-order valence-electron chi connectivity index (χ0n) is 18.8. The molecule has 0 radical (unpaired) electrons. The van der Waals surface area contributed by atoms with Crippen LogP contribution in [0.3, 0.4) is 0 Å². The summed E-state index contributed by atoms with van der Waals surface area (Å²) in [6.07, 6.45) is 0. The van der Waals surface area contributed by atoms with E-state index in [0.717, 1.165) is 49.3 Å². The number of hydrogen-bond donors (Lipinski definition) is 1. The third-order valence-corrected chi connectivity index (χ3v) is 6.59. The molecule has 0 saturated heterocycles. The first kappa shape index (κ1) is 21.2. The summed E-state index contributed by atoms with van der Waals surface area (Å²) in [5, 5.41) is 5.94. The first-order valence-corrected chi connectivity index (χ1v) is 11.8. The van der Waals surface area contributed by atoms with Crippen LogP contribution in [-0.2, 0) is 0 Å². The highest BCUT2D eigenvalue weighted by Crippen LogP contribution is 2.39. The van der Waals surface area contributed by atoms with Crippen LogP contribution in [0.4, 0.5) is 5.69 Å². The van der Waals surface area contributed by atoms with Gasteiger partial charge >= 0.3 is 0 Å². The minimum absolute atomic E-state index is 0.135. The fraction of sp³-hybridized carbons (Fsp3) is 0. The van der Waals surface area contributed by atoms with Gasteiger partial charge in [-0.1, -0.05) is 84.4 Å². The van der Waals surface area contributed by atoms with E-state index >= 15 is 0 Å². The van der Waals surface area contributed by atoms with Gasteiger partial charge in [0.05, 0.1) is 16.1 Å². The third kappa shape index (κ3) is 3.76. The summed E-state index contributed by atoms with van der Waals surface area (Å²) in [4.78, 5) is 12.9. The second-order valence-electron chi connectivity index (χ2n) is 8.40. The maximum atomic E-state index is 12.9. The van der Waals surface area contributed by atoms with Crippen molar-refractivity contribution in [1.82, 2.24) is 4.57 Å². The second kappa shape index (κ2) is 8.79. The highest BCUT2D eigenvalue weighted by molar-refractivity contribution is 6.38. The molecule has 0 fully saturated rings. The summed E-state index contributed by atoms with van der Waals surface area (Å²) in [7, 11) is 0. The van der Waals surface area contributed by atoms with Crippen molar-refractivity contribution in [3.05, 3.63) is 132 Å². The molecule has 0 unspecified atom stereocenters. The SMILES string of the molecule is O=C(Nc1ccccc1-c1ccc2c3c(Cl)cccc3n(-c3ccccc3)c2c1)c1ccccc1.